The highest BCUT2D eigenvalue weighted by Gasteiger charge is 2.43. The molecule has 0 bridgehead atoms. The van der Waals surface area contributed by atoms with E-state index in [0.717, 1.165) is 17.5 Å². The van der Waals surface area contributed by atoms with E-state index < -0.39 is 37.1 Å². The third-order valence-electron chi connectivity index (χ3n) is 5.12. The summed E-state index contributed by atoms with van der Waals surface area (Å²) in [6.07, 6.45) is -4.28. The topological polar surface area (TPSA) is 90.2 Å². The van der Waals surface area contributed by atoms with Gasteiger partial charge in [0.15, 0.2) is 0 Å². The maximum Gasteiger partial charge on any atom is 0.113 e. The van der Waals surface area contributed by atoms with Crippen LogP contribution < -0.4 is 0 Å². The first-order valence-corrected chi connectivity index (χ1v) is 9.49. The molecule has 1 saturated heterocycles. The molecule has 0 amide bonds. The molecule has 0 aliphatic carbocycles. The monoisotopic (exact) mass is 392 g/mol. The molecule has 1 aliphatic heterocycles. The van der Waals surface area contributed by atoms with Crippen LogP contribution in [0.25, 0.3) is 0 Å². The van der Waals surface area contributed by atoms with Gasteiger partial charge in [0.2, 0.25) is 0 Å². The molecule has 1 heterocycles. The van der Waals surface area contributed by atoms with Gasteiger partial charge in [0.05, 0.1) is 6.61 Å². The van der Waals surface area contributed by atoms with Crippen LogP contribution in [0.3, 0.4) is 0 Å². The number of hydrogen-bond donors (Lipinski definition) is 4. The number of aryl methyl sites for hydroxylation is 1. The third kappa shape index (κ3) is 4.35. The van der Waals surface area contributed by atoms with Crippen molar-refractivity contribution in [3.8, 4) is 0 Å². The van der Waals surface area contributed by atoms with Gasteiger partial charge in [-0.1, -0.05) is 54.9 Å². The number of halogens is 1. The summed E-state index contributed by atoms with van der Waals surface area (Å²) in [7, 11) is 0. The second-order valence-electron chi connectivity index (χ2n) is 6.95. The number of hydrogen-bond acceptors (Lipinski definition) is 5. The molecule has 2 aromatic rings. The molecule has 3 rings (SSSR count). The van der Waals surface area contributed by atoms with Crippen LogP contribution in [0.1, 0.15) is 35.3 Å². The number of rotatable bonds is 5. The van der Waals surface area contributed by atoms with Crippen LogP contribution in [0.15, 0.2) is 42.5 Å². The number of aliphatic hydroxyl groups is 4. The predicted octanol–water partition coefficient (Wildman–Crippen LogP) is 2.01. The Morgan fingerprint density at radius 1 is 0.926 bits per heavy atom. The van der Waals surface area contributed by atoms with E-state index in [1.54, 1.807) is 12.1 Å². The second kappa shape index (κ2) is 8.69. The van der Waals surface area contributed by atoms with Gasteiger partial charge in [-0.15, -0.1) is 0 Å². The minimum atomic E-state index is -1.40. The van der Waals surface area contributed by atoms with Gasteiger partial charge in [-0.05, 0) is 41.2 Å². The summed E-state index contributed by atoms with van der Waals surface area (Å²) < 4.78 is 5.64. The van der Waals surface area contributed by atoms with Crippen molar-refractivity contribution in [2.24, 2.45) is 0 Å². The van der Waals surface area contributed by atoms with E-state index in [4.69, 9.17) is 16.3 Å². The lowest BCUT2D eigenvalue weighted by Gasteiger charge is -2.40. The lowest BCUT2D eigenvalue weighted by molar-refractivity contribution is -0.231. The van der Waals surface area contributed by atoms with Crippen LogP contribution in [-0.2, 0) is 17.6 Å². The van der Waals surface area contributed by atoms with Gasteiger partial charge in [-0.3, -0.25) is 0 Å². The van der Waals surface area contributed by atoms with Gasteiger partial charge in [-0.2, -0.15) is 0 Å². The zero-order valence-electron chi connectivity index (χ0n) is 15.1. The predicted molar refractivity (Wildman–Crippen MR) is 103 cm³/mol. The Labute approximate surface area is 163 Å². The van der Waals surface area contributed by atoms with Crippen molar-refractivity contribution in [2.75, 3.05) is 6.61 Å². The fraction of sp³-hybridized carbons (Fsp3) is 0.429. The van der Waals surface area contributed by atoms with E-state index in [-0.39, 0.29) is 0 Å². The zero-order chi connectivity index (χ0) is 19.6. The minimum Gasteiger partial charge on any atom is -0.394 e. The lowest BCUT2D eigenvalue weighted by atomic mass is 9.90. The van der Waals surface area contributed by atoms with Gasteiger partial charge in [0, 0.05) is 5.02 Å². The minimum absolute atomic E-state index is 0.453. The molecular weight excluding hydrogens is 368 g/mol. The van der Waals surface area contributed by atoms with E-state index >= 15 is 0 Å². The summed E-state index contributed by atoms with van der Waals surface area (Å²) in [6, 6.07) is 13.6. The first kappa shape index (κ1) is 20.3. The van der Waals surface area contributed by atoms with Crippen molar-refractivity contribution in [2.45, 2.75) is 50.3 Å². The van der Waals surface area contributed by atoms with E-state index in [0.29, 0.717) is 17.0 Å². The SMILES string of the molecule is CCc1ccc(Cc2cc(C3OC(CO)[C@@H](O)C(O)[C@H]3O)ccc2Cl)cc1. The van der Waals surface area contributed by atoms with E-state index in [1.807, 2.05) is 6.07 Å². The summed E-state index contributed by atoms with van der Waals surface area (Å²) in [6.45, 7) is 1.65. The normalized spacial score (nSPS) is 28.3. The fourth-order valence-electron chi connectivity index (χ4n) is 3.40. The van der Waals surface area contributed by atoms with Crippen LogP contribution >= 0.6 is 11.6 Å². The van der Waals surface area contributed by atoms with Crippen molar-refractivity contribution < 1.29 is 25.2 Å². The number of aliphatic hydroxyl groups excluding tert-OH is 4. The van der Waals surface area contributed by atoms with Gasteiger partial charge in [0.25, 0.3) is 0 Å². The summed E-state index contributed by atoms with van der Waals surface area (Å²) in [5.74, 6) is 0. The summed E-state index contributed by atoms with van der Waals surface area (Å²) >= 11 is 6.36. The van der Waals surface area contributed by atoms with Gasteiger partial charge in [-0.25, -0.2) is 0 Å². The number of benzene rings is 2. The van der Waals surface area contributed by atoms with Crippen LogP contribution in [0.2, 0.25) is 5.02 Å². The molecule has 0 radical (unpaired) electrons. The van der Waals surface area contributed by atoms with Crippen molar-refractivity contribution in [3.63, 3.8) is 0 Å². The van der Waals surface area contributed by atoms with E-state index in [9.17, 15) is 20.4 Å². The fourth-order valence-corrected chi connectivity index (χ4v) is 3.58. The number of ether oxygens (including phenoxy) is 1. The maximum atomic E-state index is 10.3. The molecule has 5 nitrogen and oxygen atoms in total. The third-order valence-corrected chi connectivity index (χ3v) is 5.49. The zero-order valence-corrected chi connectivity index (χ0v) is 15.9. The molecule has 27 heavy (non-hydrogen) atoms. The Bertz CT molecular complexity index is 762. The molecule has 5 atom stereocenters. The summed E-state index contributed by atoms with van der Waals surface area (Å²) in [5.41, 5.74) is 3.88. The van der Waals surface area contributed by atoms with Crippen LogP contribution in [0.4, 0.5) is 0 Å². The molecule has 0 spiro atoms. The Balaban J connectivity index is 1.85. The van der Waals surface area contributed by atoms with Crippen molar-refractivity contribution in [3.05, 3.63) is 69.7 Å². The van der Waals surface area contributed by atoms with E-state index in [1.165, 1.54) is 5.56 Å². The lowest BCUT2D eigenvalue weighted by Crippen LogP contribution is -2.55. The van der Waals surface area contributed by atoms with Gasteiger partial charge in [0.1, 0.15) is 30.5 Å². The molecule has 6 heteroatoms. The van der Waals surface area contributed by atoms with Crippen LogP contribution in [0.5, 0.6) is 0 Å². The molecule has 0 saturated carbocycles. The Kier molecular flexibility index (Phi) is 6.52. The van der Waals surface area contributed by atoms with Crippen LogP contribution in [-0.4, -0.2) is 51.4 Å². The Morgan fingerprint density at radius 3 is 2.22 bits per heavy atom. The van der Waals surface area contributed by atoms with Crippen molar-refractivity contribution in [1.29, 1.82) is 0 Å². The molecule has 146 valence electrons. The highest BCUT2D eigenvalue weighted by atomic mass is 35.5. The van der Waals surface area contributed by atoms with Gasteiger partial charge < -0.3 is 25.2 Å². The highest BCUT2D eigenvalue weighted by Crippen LogP contribution is 2.34. The Hall–Kier alpha value is -1.47. The molecule has 4 N–H and O–H groups in total. The largest absolute Gasteiger partial charge is 0.394 e. The van der Waals surface area contributed by atoms with Gasteiger partial charge >= 0.3 is 0 Å². The first-order chi connectivity index (χ1) is 12.9. The smallest absolute Gasteiger partial charge is 0.113 e. The highest BCUT2D eigenvalue weighted by molar-refractivity contribution is 6.31. The average molecular weight is 393 g/mol. The molecule has 1 aliphatic rings. The standard InChI is InChI=1S/C21H25ClO5/c1-2-12-3-5-13(6-4-12)9-15-10-14(7-8-16(15)22)21-20(26)19(25)18(24)17(11-23)27-21/h3-8,10,17-21,23-26H,2,9,11H2,1H3/t17?,18-,19?,20-,21?/m1/s1. The molecule has 0 aromatic heterocycles. The van der Waals surface area contributed by atoms with Crippen molar-refractivity contribution >= 4 is 11.6 Å². The second-order valence-corrected chi connectivity index (χ2v) is 7.35. The van der Waals surface area contributed by atoms with E-state index in [2.05, 4.69) is 31.2 Å². The first-order valence-electron chi connectivity index (χ1n) is 9.11. The quantitative estimate of drug-likeness (QED) is 0.625. The molecule has 2 aromatic carbocycles. The average Bonchev–Trinajstić information content (AvgIpc) is 2.69. The molecule has 3 unspecified atom stereocenters. The van der Waals surface area contributed by atoms with Crippen LogP contribution in [0, 0.1) is 0 Å². The summed E-state index contributed by atoms with van der Waals surface area (Å²) in [5, 5.41) is 40.3. The molecule has 1 fully saturated rings. The summed E-state index contributed by atoms with van der Waals surface area (Å²) in [4.78, 5) is 0. The van der Waals surface area contributed by atoms with Crippen molar-refractivity contribution in [1.82, 2.24) is 0 Å². The Morgan fingerprint density at radius 2 is 1.59 bits per heavy atom. The molecular formula is C21H25ClO5. The maximum absolute atomic E-state index is 10.3.